The van der Waals surface area contributed by atoms with Gasteiger partial charge in [0.05, 0.1) is 32.8 Å². The maximum Gasteiger partial charge on any atom is 0.306 e. The number of aliphatic hydroxyl groups is 1. The second-order valence-electron chi connectivity index (χ2n) is 7.59. The number of methoxy groups -OCH3 is 1. The first-order chi connectivity index (χ1) is 13.5. The molecule has 2 aromatic rings. The van der Waals surface area contributed by atoms with Crippen LogP contribution in [0.2, 0.25) is 0 Å². The zero-order valence-electron chi connectivity index (χ0n) is 16.2. The van der Waals surface area contributed by atoms with Crippen LogP contribution in [0.1, 0.15) is 48.5 Å². The highest BCUT2D eigenvalue weighted by atomic mass is 79.9. The van der Waals surface area contributed by atoms with Crippen molar-refractivity contribution >= 4 is 21.9 Å². The molecule has 4 nitrogen and oxygen atoms in total. The van der Waals surface area contributed by atoms with Gasteiger partial charge in [0.2, 0.25) is 0 Å². The molecule has 3 rings (SSSR count). The van der Waals surface area contributed by atoms with Gasteiger partial charge in [-0.25, -0.2) is 0 Å². The lowest BCUT2D eigenvalue weighted by Crippen LogP contribution is -2.19. The summed E-state index contributed by atoms with van der Waals surface area (Å²) in [7, 11) is 1.43. The zero-order valence-corrected chi connectivity index (χ0v) is 17.8. The molecule has 1 N–H and O–H groups in total. The minimum Gasteiger partial charge on any atom is -0.469 e. The standard InChI is InChI=1S/C23H27BrO4/c1-27-22(26)14-23(11-12-23)16-28-21(19-7-4-5-17(13-19)15-25)10-9-18-6-2-3-8-20(18)24/h2-8,13,21,25H,9-12,14-16H2,1H3/t21-/m1/s1. The normalized spacial score (nSPS) is 15.8. The van der Waals surface area contributed by atoms with Crippen LogP contribution in [-0.4, -0.2) is 24.8 Å². The van der Waals surface area contributed by atoms with Crippen molar-refractivity contribution in [3.8, 4) is 0 Å². The number of rotatable bonds is 10. The van der Waals surface area contributed by atoms with Gasteiger partial charge in [0.15, 0.2) is 0 Å². The molecule has 0 aliphatic heterocycles. The van der Waals surface area contributed by atoms with Crippen LogP contribution in [0.15, 0.2) is 53.0 Å². The predicted octanol–water partition coefficient (Wildman–Crippen LogP) is 4.98. The number of benzene rings is 2. The molecule has 1 aliphatic rings. The molecular weight excluding hydrogens is 420 g/mol. The fourth-order valence-electron chi connectivity index (χ4n) is 3.43. The average Bonchev–Trinajstić information content (AvgIpc) is 3.48. The van der Waals surface area contributed by atoms with Crippen molar-refractivity contribution in [2.45, 2.75) is 44.8 Å². The summed E-state index contributed by atoms with van der Waals surface area (Å²) in [6, 6.07) is 16.1. The molecule has 0 amide bonds. The van der Waals surface area contributed by atoms with Gasteiger partial charge in [0, 0.05) is 9.89 Å². The quantitative estimate of drug-likeness (QED) is 0.523. The lowest BCUT2D eigenvalue weighted by Gasteiger charge is -2.23. The van der Waals surface area contributed by atoms with E-state index in [0.717, 1.165) is 41.3 Å². The Balaban J connectivity index is 1.71. The Labute approximate surface area is 175 Å². The highest BCUT2D eigenvalue weighted by Crippen LogP contribution is 2.50. The fourth-order valence-corrected chi connectivity index (χ4v) is 3.91. The molecule has 1 aliphatic carbocycles. The van der Waals surface area contributed by atoms with Crippen LogP contribution in [0.3, 0.4) is 0 Å². The van der Waals surface area contributed by atoms with Gasteiger partial charge in [0.25, 0.3) is 0 Å². The van der Waals surface area contributed by atoms with Crippen molar-refractivity contribution in [1.29, 1.82) is 0 Å². The number of carbonyl (C=O) groups excluding carboxylic acids is 1. The van der Waals surface area contributed by atoms with E-state index in [2.05, 4.69) is 22.0 Å². The number of halogens is 1. The molecule has 1 saturated carbocycles. The minimum atomic E-state index is -0.173. The van der Waals surface area contributed by atoms with E-state index in [9.17, 15) is 9.90 Å². The van der Waals surface area contributed by atoms with Gasteiger partial charge >= 0.3 is 5.97 Å². The van der Waals surface area contributed by atoms with Crippen LogP contribution >= 0.6 is 15.9 Å². The maximum absolute atomic E-state index is 11.7. The minimum absolute atomic E-state index is 0.0110. The second kappa shape index (κ2) is 9.68. The molecule has 1 fully saturated rings. The summed E-state index contributed by atoms with van der Waals surface area (Å²) >= 11 is 3.62. The molecule has 28 heavy (non-hydrogen) atoms. The third kappa shape index (κ3) is 5.66. The number of carbonyl (C=O) groups is 1. The van der Waals surface area contributed by atoms with E-state index >= 15 is 0 Å². The Morgan fingerprint density at radius 3 is 2.68 bits per heavy atom. The number of aryl methyl sites for hydroxylation is 1. The third-order valence-electron chi connectivity index (χ3n) is 5.43. The Morgan fingerprint density at radius 1 is 1.21 bits per heavy atom. The Morgan fingerprint density at radius 2 is 2.00 bits per heavy atom. The molecule has 0 bridgehead atoms. The highest BCUT2D eigenvalue weighted by Gasteiger charge is 2.45. The van der Waals surface area contributed by atoms with Crippen molar-refractivity contribution in [2.24, 2.45) is 5.41 Å². The number of ether oxygens (including phenoxy) is 2. The van der Waals surface area contributed by atoms with Crippen molar-refractivity contribution in [2.75, 3.05) is 13.7 Å². The summed E-state index contributed by atoms with van der Waals surface area (Å²) in [6.07, 6.45) is 4.02. The van der Waals surface area contributed by atoms with E-state index in [-0.39, 0.29) is 24.1 Å². The first kappa shape index (κ1) is 21.0. The van der Waals surface area contributed by atoms with E-state index in [1.54, 1.807) is 0 Å². The Hall–Kier alpha value is -1.69. The number of aliphatic hydroxyl groups excluding tert-OH is 1. The van der Waals surface area contributed by atoms with Crippen LogP contribution in [0.25, 0.3) is 0 Å². The first-order valence-corrected chi connectivity index (χ1v) is 10.5. The summed E-state index contributed by atoms with van der Waals surface area (Å²) in [5.74, 6) is -0.173. The highest BCUT2D eigenvalue weighted by molar-refractivity contribution is 9.10. The van der Waals surface area contributed by atoms with Crippen molar-refractivity contribution in [3.05, 3.63) is 69.7 Å². The summed E-state index contributed by atoms with van der Waals surface area (Å²) < 4.78 is 12.3. The molecule has 0 spiro atoms. The lowest BCUT2D eigenvalue weighted by atomic mass is 9.99. The average molecular weight is 447 g/mol. The topological polar surface area (TPSA) is 55.8 Å². The van der Waals surface area contributed by atoms with Crippen molar-refractivity contribution in [3.63, 3.8) is 0 Å². The largest absolute Gasteiger partial charge is 0.469 e. The lowest BCUT2D eigenvalue weighted by molar-refractivity contribution is -0.143. The van der Waals surface area contributed by atoms with Crippen LogP contribution in [0.5, 0.6) is 0 Å². The van der Waals surface area contributed by atoms with E-state index in [0.29, 0.717) is 13.0 Å². The van der Waals surface area contributed by atoms with E-state index in [1.807, 2.05) is 42.5 Å². The summed E-state index contributed by atoms with van der Waals surface area (Å²) in [5.41, 5.74) is 3.10. The Kier molecular flexibility index (Phi) is 7.27. The van der Waals surface area contributed by atoms with Gasteiger partial charge < -0.3 is 14.6 Å². The molecule has 150 valence electrons. The molecule has 2 aromatic carbocycles. The van der Waals surface area contributed by atoms with Crippen LogP contribution < -0.4 is 0 Å². The van der Waals surface area contributed by atoms with Gasteiger partial charge in [-0.15, -0.1) is 0 Å². The summed E-state index contributed by atoms with van der Waals surface area (Å²) in [5, 5.41) is 9.49. The van der Waals surface area contributed by atoms with Crippen LogP contribution in [-0.2, 0) is 27.3 Å². The van der Waals surface area contributed by atoms with Crippen LogP contribution in [0, 0.1) is 5.41 Å². The maximum atomic E-state index is 11.7. The molecule has 0 aromatic heterocycles. The van der Waals surface area contributed by atoms with Gasteiger partial charge in [-0.05, 0) is 48.4 Å². The van der Waals surface area contributed by atoms with Gasteiger partial charge in [-0.2, -0.15) is 0 Å². The smallest absolute Gasteiger partial charge is 0.306 e. The molecule has 1 atom stereocenters. The van der Waals surface area contributed by atoms with Crippen molar-refractivity contribution < 1.29 is 19.4 Å². The molecule has 0 heterocycles. The second-order valence-corrected chi connectivity index (χ2v) is 8.44. The third-order valence-corrected chi connectivity index (χ3v) is 6.21. The molecule has 0 saturated heterocycles. The first-order valence-electron chi connectivity index (χ1n) is 9.67. The number of hydrogen-bond acceptors (Lipinski definition) is 4. The number of hydrogen-bond donors (Lipinski definition) is 1. The number of esters is 1. The predicted molar refractivity (Wildman–Crippen MR) is 112 cm³/mol. The zero-order chi connectivity index (χ0) is 20.0. The fraction of sp³-hybridized carbons (Fsp3) is 0.435. The van der Waals surface area contributed by atoms with Crippen molar-refractivity contribution in [1.82, 2.24) is 0 Å². The van der Waals surface area contributed by atoms with Gasteiger partial charge in [-0.1, -0.05) is 58.4 Å². The molecule has 5 heteroatoms. The van der Waals surface area contributed by atoms with Gasteiger partial charge in [0.1, 0.15) is 0 Å². The van der Waals surface area contributed by atoms with E-state index in [4.69, 9.17) is 9.47 Å². The van der Waals surface area contributed by atoms with E-state index in [1.165, 1.54) is 12.7 Å². The summed E-state index contributed by atoms with van der Waals surface area (Å²) in [6.45, 7) is 0.559. The molecular formula is C23H27BrO4. The molecule has 0 unspecified atom stereocenters. The SMILES string of the molecule is COC(=O)CC1(CO[C@H](CCc2ccccc2Br)c2cccc(CO)c2)CC1. The molecule has 0 radical (unpaired) electrons. The monoisotopic (exact) mass is 446 g/mol. The Bertz CT molecular complexity index is 801. The van der Waals surface area contributed by atoms with Crippen LogP contribution in [0.4, 0.5) is 0 Å². The van der Waals surface area contributed by atoms with Gasteiger partial charge in [-0.3, -0.25) is 4.79 Å². The summed E-state index contributed by atoms with van der Waals surface area (Å²) in [4.78, 5) is 11.7. The van der Waals surface area contributed by atoms with E-state index < -0.39 is 0 Å².